The van der Waals surface area contributed by atoms with Crippen LogP contribution < -0.4 is 0 Å². The van der Waals surface area contributed by atoms with Crippen molar-refractivity contribution in [2.45, 2.75) is 19.6 Å². The first-order valence-electron chi connectivity index (χ1n) is 5.50. The molecule has 6 heteroatoms. The Morgan fingerprint density at radius 3 is 2.58 bits per heavy atom. The Morgan fingerprint density at radius 1 is 1.32 bits per heavy atom. The van der Waals surface area contributed by atoms with E-state index in [1.54, 1.807) is 18.2 Å². The minimum absolute atomic E-state index is 0.244. The van der Waals surface area contributed by atoms with E-state index in [2.05, 4.69) is 5.10 Å². The Morgan fingerprint density at radius 2 is 2.05 bits per heavy atom. The van der Waals surface area contributed by atoms with Crippen molar-refractivity contribution in [1.82, 2.24) is 9.78 Å². The van der Waals surface area contributed by atoms with Gasteiger partial charge in [0.15, 0.2) is 5.69 Å². The van der Waals surface area contributed by atoms with Crippen molar-refractivity contribution in [2.24, 2.45) is 0 Å². The van der Waals surface area contributed by atoms with Crippen molar-refractivity contribution in [2.75, 3.05) is 0 Å². The molecule has 0 unspecified atom stereocenters. The molecule has 2 aromatic rings. The van der Waals surface area contributed by atoms with Gasteiger partial charge in [0.1, 0.15) is 0 Å². The molecule has 1 heterocycles. The summed E-state index contributed by atoms with van der Waals surface area (Å²) in [6.07, 6.45) is -3.13. The summed E-state index contributed by atoms with van der Waals surface area (Å²) in [5.74, 6) is 0. The quantitative estimate of drug-likeness (QED) is 0.837. The number of rotatable bonds is 2. The molecule has 0 aliphatic carbocycles. The first-order valence-corrected chi connectivity index (χ1v) is 5.50. The van der Waals surface area contributed by atoms with Gasteiger partial charge in [0.2, 0.25) is 0 Å². The number of nitrogens with zero attached hydrogens (tertiary/aromatic N) is 3. The van der Waals surface area contributed by atoms with E-state index in [1.807, 2.05) is 13.0 Å². The number of aryl methyl sites for hydroxylation is 1. The van der Waals surface area contributed by atoms with Crippen LogP contribution in [0.2, 0.25) is 0 Å². The molecular weight excluding hydrogens is 255 g/mol. The second-order valence-electron chi connectivity index (χ2n) is 4.15. The highest BCUT2D eigenvalue weighted by atomic mass is 19.4. The molecule has 0 spiro atoms. The lowest BCUT2D eigenvalue weighted by atomic mass is 10.1. The third kappa shape index (κ3) is 2.94. The zero-order valence-corrected chi connectivity index (χ0v) is 10.1. The van der Waals surface area contributed by atoms with Gasteiger partial charge in [0, 0.05) is 6.20 Å². The summed E-state index contributed by atoms with van der Waals surface area (Å²) in [4.78, 5) is 0. The van der Waals surface area contributed by atoms with Crippen molar-refractivity contribution in [1.29, 1.82) is 5.26 Å². The van der Waals surface area contributed by atoms with Crippen LogP contribution in [0.3, 0.4) is 0 Å². The van der Waals surface area contributed by atoms with Gasteiger partial charge in [0.05, 0.1) is 18.2 Å². The normalized spacial score (nSPS) is 11.3. The molecule has 0 aliphatic rings. The van der Waals surface area contributed by atoms with Crippen LogP contribution in [0.15, 0.2) is 30.5 Å². The molecule has 1 aromatic heterocycles. The summed E-state index contributed by atoms with van der Waals surface area (Å²) in [6.45, 7) is 2.05. The number of benzene rings is 1. The molecule has 0 aliphatic heterocycles. The lowest BCUT2D eigenvalue weighted by Crippen LogP contribution is -2.09. The molecule has 3 nitrogen and oxygen atoms in total. The summed E-state index contributed by atoms with van der Waals surface area (Å²) >= 11 is 0. The number of nitriles is 1. The monoisotopic (exact) mass is 265 g/mol. The number of halogens is 3. The van der Waals surface area contributed by atoms with Gasteiger partial charge in [-0.25, -0.2) is 0 Å². The Balaban J connectivity index is 2.22. The Labute approximate surface area is 107 Å². The van der Waals surface area contributed by atoms with Crippen LogP contribution in [-0.2, 0) is 12.7 Å². The highest BCUT2D eigenvalue weighted by molar-refractivity contribution is 5.37. The molecule has 1 aromatic carbocycles. The Bertz CT molecular complexity index is 635. The highest BCUT2D eigenvalue weighted by Crippen LogP contribution is 2.27. The fraction of sp³-hybridized carbons (Fsp3) is 0.231. The van der Waals surface area contributed by atoms with Gasteiger partial charge >= 0.3 is 6.18 Å². The van der Waals surface area contributed by atoms with Gasteiger partial charge in [-0.15, -0.1) is 0 Å². The van der Waals surface area contributed by atoms with E-state index in [0.717, 1.165) is 17.2 Å². The Hall–Kier alpha value is -2.29. The van der Waals surface area contributed by atoms with Crippen LogP contribution in [-0.4, -0.2) is 9.78 Å². The third-order valence-corrected chi connectivity index (χ3v) is 2.74. The van der Waals surface area contributed by atoms with Crippen LogP contribution in [0.4, 0.5) is 13.2 Å². The van der Waals surface area contributed by atoms with E-state index >= 15 is 0 Å². The Kier molecular flexibility index (Phi) is 3.30. The number of alkyl halides is 3. The molecule has 0 bridgehead atoms. The first-order chi connectivity index (χ1) is 8.90. The second kappa shape index (κ2) is 4.76. The minimum atomic E-state index is -4.43. The van der Waals surface area contributed by atoms with E-state index in [-0.39, 0.29) is 6.54 Å². The SMILES string of the molecule is Cc1cc(C#N)ccc1Cn1ccc(C(F)(F)F)n1. The van der Waals surface area contributed by atoms with Gasteiger partial charge in [-0.2, -0.15) is 23.5 Å². The van der Waals surface area contributed by atoms with Gasteiger partial charge in [-0.1, -0.05) is 6.07 Å². The van der Waals surface area contributed by atoms with Crippen molar-refractivity contribution in [3.63, 3.8) is 0 Å². The molecular formula is C13H10F3N3. The molecule has 0 saturated carbocycles. The van der Waals surface area contributed by atoms with E-state index in [9.17, 15) is 13.2 Å². The van der Waals surface area contributed by atoms with Crippen LogP contribution in [0.1, 0.15) is 22.4 Å². The smallest absolute Gasteiger partial charge is 0.268 e. The second-order valence-corrected chi connectivity index (χ2v) is 4.15. The van der Waals surface area contributed by atoms with Crippen LogP contribution >= 0.6 is 0 Å². The third-order valence-electron chi connectivity index (χ3n) is 2.74. The molecule has 19 heavy (non-hydrogen) atoms. The predicted octanol–water partition coefficient (Wildman–Crippen LogP) is 3.13. The van der Waals surface area contributed by atoms with E-state index in [1.165, 1.54) is 10.9 Å². The summed E-state index contributed by atoms with van der Waals surface area (Å²) in [5, 5.41) is 12.2. The van der Waals surface area contributed by atoms with Gasteiger partial charge in [-0.3, -0.25) is 4.68 Å². The zero-order valence-electron chi connectivity index (χ0n) is 10.1. The maximum atomic E-state index is 12.4. The number of aromatic nitrogens is 2. The predicted molar refractivity (Wildman–Crippen MR) is 62.2 cm³/mol. The van der Waals surface area contributed by atoms with E-state index in [0.29, 0.717) is 5.56 Å². The fourth-order valence-corrected chi connectivity index (χ4v) is 1.72. The number of hydrogen-bond donors (Lipinski definition) is 0. The largest absolute Gasteiger partial charge is 0.435 e. The van der Waals surface area contributed by atoms with Crippen LogP contribution in [0, 0.1) is 18.3 Å². The van der Waals surface area contributed by atoms with E-state index in [4.69, 9.17) is 5.26 Å². The molecule has 0 atom stereocenters. The average Bonchev–Trinajstić information content (AvgIpc) is 2.80. The summed E-state index contributed by atoms with van der Waals surface area (Å²) < 4.78 is 38.5. The maximum Gasteiger partial charge on any atom is 0.435 e. The lowest BCUT2D eigenvalue weighted by Gasteiger charge is -2.06. The van der Waals surface area contributed by atoms with Gasteiger partial charge < -0.3 is 0 Å². The molecule has 0 N–H and O–H groups in total. The molecule has 0 saturated heterocycles. The topological polar surface area (TPSA) is 41.6 Å². The van der Waals surface area contributed by atoms with Gasteiger partial charge in [0.25, 0.3) is 0 Å². The summed E-state index contributed by atoms with van der Waals surface area (Å²) in [7, 11) is 0. The molecule has 98 valence electrons. The molecule has 0 amide bonds. The standard InChI is InChI=1S/C13H10F3N3/c1-9-6-10(7-17)2-3-11(9)8-19-5-4-12(18-19)13(14,15)16/h2-6H,8H2,1H3. The summed E-state index contributed by atoms with van der Waals surface area (Å²) in [5.41, 5.74) is 1.30. The highest BCUT2D eigenvalue weighted by Gasteiger charge is 2.33. The maximum absolute atomic E-state index is 12.4. The van der Waals surface area contributed by atoms with Gasteiger partial charge in [-0.05, 0) is 36.2 Å². The molecule has 0 radical (unpaired) electrons. The first kappa shape index (κ1) is 13.1. The number of hydrogen-bond acceptors (Lipinski definition) is 2. The van der Waals surface area contributed by atoms with Crippen molar-refractivity contribution in [3.8, 4) is 6.07 Å². The summed E-state index contributed by atoms with van der Waals surface area (Å²) in [6, 6.07) is 8.01. The fourth-order valence-electron chi connectivity index (χ4n) is 1.72. The van der Waals surface area contributed by atoms with Crippen LogP contribution in [0.25, 0.3) is 0 Å². The molecule has 0 fully saturated rings. The molecule has 2 rings (SSSR count). The minimum Gasteiger partial charge on any atom is -0.268 e. The van der Waals surface area contributed by atoms with Crippen LogP contribution in [0.5, 0.6) is 0 Å². The average molecular weight is 265 g/mol. The van der Waals surface area contributed by atoms with Crippen molar-refractivity contribution >= 4 is 0 Å². The van der Waals surface area contributed by atoms with Crippen molar-refractivity contribution in [3.05, 3.63) is 52.8 Å². The lowest BCUT2D eigenvalue weighted by molar-refractivity contribution is -0.141. The van der Waals surface area contributed by atoms with Crippen molar-refractivity contribution < 1.29 is 13.2 Å². The zero-order chi connectivity index (χ0) is 14.0. The van der Waals surface area contributed by atoms with E-state index < -0.39 is 11.9 Å².